The molecule has 0 bridgehead atoms. The Kier molecular flexibility index (Phi) is 11.1. The van der Waals surface area contributed by atoms with Crippen molar-refractivity contribution in [2.45, 2.75) is 18.9 Å². The molecule has 0 spiro atoms. The van der Waals surface area contributed by atoms with Crippen LogP contribution in [0.2, 0.25) is 0 Å². The Labute approximate surface area is 202 Å². The lowest BCUT2D eigenvalue weighted by Crippen LogP contribution is -2.44. The number of ether oxygens (including phenoxy) is 3. The second kappa shape index (κ2) is 14.0. The fraction of sp³-hybridized carbons (Fsp3) is 0.619. The number of carboxylic acid groups (broad SMARTS) is 2. The van der Waals surface area contributed by atoms with E-state index >= 15 is 0 Å². The van der Waals surface area contributed by atoms with Crippen LogP contribution in [0.3, 0.4) is 0 Å². The van der Waals surface area contributed by atoms with Gasteiger partial charge in [0.15, 0.2) is 23.0 Å². The molecule has 2 heterocycles. The number of rotatable bonds is 14. The van der Waals surface area contributed by atoms with E-state index in [1.165, 1.54) is 14.2 Å². The molecule has 1 saturated heterocycles. The summed E-state index contributed by atoms with van der Waals surface area (Å²) in [5.74, 6) is -3.17. The van der Waals surface area contributed by atoms with Crippen molar-refractivity contribution >= 4 is 29.5 Å². The third kappa shape index (κ3) is 8.02. The average molecular weight is 495 g/mol. The summed E-state index contributed by atoms with van der Waals surface area (Å²) in [6.45, 7) is 2.79. The maximum atomic E-state index is 13.2. The van der Waals surface area contributed by atoms with Gasteiger partial charge in [-0.15, -0.1) is 0 Å². The molecular formula is C21H30N6O8. The molecule has 1 aromatic rings. The van der Waals surface area contributed by atoms with Crippen molar-refractivity contribution in [1.29, 1.82) is 5.26 Å². The Morgan fingerprint density at radius 2 is 1.80 bits per heavy atom. The first-order valence-corrected chi connectivity index (χ1v) is 11.0. The van der Waals surface area contributed by atoms with Gasteiger partial charge in [0.2, 0.25) is 0 Å². The van der Waals surface area contributed by atoms with Crippen molar-refractivity contribution in [2.75, 3.05) is 76.6 Å². The predicted molar refractivity (Wildman–Crippen MR) is 122 cm³/mol. The molecule has 1 aliphatic rings. The van der Waals surface area contributed by atoms with Crippen molar-refractivity contribution in [2.24, 2.45) is 0 Å². The molecule has 0 unspecified atom stereocenters. The number of morpholine rings is 1. The number of carbonyl (C=O) groups excluding carboxylic acids is 1. The molecular weight excluding hydrogens is 464 g/mol. The van der Waals surface area contributed by atoms with Gasteiger partial charge in [0, 0.05) is 46.8 Å². The van der Waals surface area contributed by atoms with E-state index in [9.17, 15) is 24.8 Å². The van der Waals surface area contributed by atoms with Gasteiger partial charge in [-0.2, -0.15) is 5.26 Å². The van der Waals surface area contributed by atoms with Gasteiger partial charge < -0.3 is 39.5 Å². The largest absolute Gasteiger partial charge is 0.481 e. The molecule has 192 valence electrons. The van der Waals surface area contributed by atoms with E-state index in [0.29, 0.717) is 52.6 Å². The van der Waals surface area contributed by atoms with E-state index in [1.54, 1.807) is 9.80 Å². The number of nitrogens with zero attached hydrogens (tertiary/aromatic N) is 5. The van der Waals surface area contributed by atoms with Gasteiger partial charge in [-0.05, 0) is 6.42 Å². The van der Waals surface area contributed by atoms with Crippen molar-refractivity contribution in [1.82, 2.24) is 15.3 Å². The second-order valence-electron chi connectivity index (χ2n) is 7.55. The van der Waals surface area contributed by atoms with Gasteiger partial charge >= 0.3 is 11.9 Å². The summed E-state index contributed by atoms with van der Waals surface area (Å²) in [7, 11) is 3.05. The van der Waals surface area contributed by atoms with Crippen LogP contribution in [0.1, 0.15) is 29.0 Å². The van der Waals surface area contributed by atoms with Gasteiger partial charge in [0.05, 0.1) is 26.4 Å². The highest BCUT2D eigenvalue weighted by Gasteiger charge is 2.29. The number of hydrogen-bond donors (Lipinski definition) is 3. The van der Waals surface area contributed by atoms with Crippen LogP contribution in [0.25, 0.3) is 0 Å². The van der Waals surface area contributed by atoms with Crippen LogP contribution in [0, 0.1) is 11.3 Å². The number of nitriles is 1. The van der Waals surface area contributed by atoms with Crippen molar-refractivity contribution < 1.29 is 38.8 Å². The maximum Gasteiger partial charge on any atom is 0.326 e. The summed E-state index contributed by atoms with van der Waals surface area (Å²) in [5, 5.41) is 30.5. The second-order valence-corrected chi connectivity index (χ2v) is 7.55. The highest BCUT2D eigenvalue weighted by Crippen LogP contribution is 2.25. The molecule has 14 nitrogen and oxygen atoms in total. The van der Waals surface area contributed by atoms with Gasteiger partial charge in [-0.1, -0.05) is 0 Å². The quantitative estimate of drug-likeness (QED) is 0.296. The number of anilines is 2. The minimum Gasteiger partial charge on any atom is -0.481 e. The Balaban J connectivity index is 2.52. The Hall–Kier alpha value is -3.54. The lowest BCUT2D eigenvalue weighted by Gasteiger charge is -2.30. The predicted octanol–water partition coefficient (Wildman–Crippen LogP) is -0.668. The fourth-order valence-corrected chi connectivity index (χ4v) is 3.34. The van der Waals surface area contributed by atoms with Gasteiger partial charge in [0.25, 0.3) is 5.91 Å². The minimum absolute atomic E-state index is 0.0177. The molecule has 0 saturated carbocycles. The lowest BCUT2D eigenvalue weighted by molar-refractivity contribution is -0.140. The van der Waals surface area contributed by atoms with E-state index in [-0.39, 0.29) is 29.4 Å². The number of nitrogens with one attached hydrogen (secondary N) is 1. The number of methoxy groups -OCH3 is 2. The van der Waals surface area contributed by atoms with Gasteiger partial charge in [-0.25, -0.2) is 14.8 Å². The maximum absolute atomic E-state index is 13.2. The zero-order valence-corrected chi connectivity index (χ0v) is 19.7. The third-order valence-electron chi connectivity index (χ3n) is 5.17. The summed E-state index contributed by atoms with van der Waals surface area (Å²) >= 11 is 0. The highest BCUT2D eigenvalue weighted by atomic mass is 16.5. The first kappa shape index (κ1) is 27.7. The third-order valence-corrected chi connectivity index (χ3v) is 5.17. The summed E-state index contributed by atoms with van der Waals surface area (Å²) in [6.07, 6.45) is -0.757. The van der Waals surface area contributed by atoms with Crippen LogP contribution in [0.4, 0.5) is 11.6 Å². The highest BCUT2D eigenvalue weighted by molar-refractivity contribution is 5.99. The van der Waals surface area contributed by atoms with Crippen LogP contribution in [-0.2, 0) is 23.8 Å². The van der Waals surface area contributed by atoms with E-state index in [1.807, 2.05) is 6.07 Å². The number of aromatic nitrogens is 2. The molecule has 0 aromatic carbocycles. The number of aliphatic carboxylic acids is 2. The standard InChI is InChI=1S/C21H30N6O8/c1-33-9-5-26(6-10-34-2)18-15(13-22)23-19(27-7-11-35-12-8-27)17(25-18)20(30)24-14(21(31)32)3-4-16(28)29/h14H,3-12H2,1-2H3,(H,24,30)(H,28,29)(H,31,32)/t14-/m1/s1. The summed E-state index contributed by atoms with van der Waals surface area (Å²) in [5.41, 5.74) is -0.196. The van der Waals surface area contributed by atoms with E-state index in [2.05, 4.69) is 15.3 Å². The van der Waals surface area contributed by atoms with E-state index < -0.39 is 30.3 Å². The molecule has 0 aliphatic carbocycles. The summed E-state index contributed by atoms with van der Waals surface area (Å²) in [4.78, 5) is 48.1. The summed E-state index contributed by atoms with van der Waals surface area (Å²) < 4.78 is 15.6. The monoisotopic (exact) mass is 494 g/mol. The zero-order valence-electron chi connectivity index (χ0n) is 19.7. The molecule has 35 heavy (non-hydrogen) atoms. The van der Waals surface area contributed by atoms with Gasteiger partial charge in [0.1, 0.15) is 12.1 Å². The molecule has 1 atom stereocenters. The van der Waals surface area contributed by atoms with Crippen LogP contribution >= 0.6 is 0 Å². The Morgan fingerprint density at radius 3 is 2.31 bits per heavy atom. The molecule has 3 N–H and O–H groups in total. The summed E-state index contributed by atoms with van der Waals surface area (Å²) in [6, 6.07) is 0.571. The molecule has 2 rings (SSSR count). The van der Waals surface area contributed by atoms with Crippen LogP contribution in [0.15, 0.2) is 0 Å². The van der Waals surface area contributed by atoms with Gasteiger partial charge in [-0.3, -0.25) is 9.59 Å². The van der Waals surface area contributed by atoms with E-state index in [4.69, 9.17) is 19.3 Å². The number of carbonyl (C=O) groups is 3. The van der Waals surface area contributed by atoms with Crippen molar-refractivity contribution in [3.05, 3.63) is 11.4 Å². The molecule has 0 radical (unpaired) electrons. The molecule has 1 aliphatic heterocycles. The van der Waals surface area contributed by atoms with Crippen LogP contribution in [-0.4, -0.2) is 111 Å². The SMILES string of the molecule is COCCN(CCOC)c1nc(C(=O)N[C@H](CCC(=O)O)C(=O)O)c(N2CCOCC2)nc1C#N. The number of hydrogen-bond acceptors (Lipinski definition) is 11. The first-order valence-electron chi connectivity index (χ1n) is 11.0. The number of amides is 1. The van der Waals surface area contributed by atoms with Crippen molar-refractivity contribution in [3.8, 4) is 6.07 Å². The topological polar surface area (TPSA) is 187 Å². The smallest absolute Gasteiger partial charge is 0.326 e. The lowest BCUT2D eigenvalue weighted by atomic mass is 10.1. The molecule has 1 aromatic heterocycles. The molecule has 1 fully saturated rings. The van der Waals surface area contributed by atoms with Crippen LogP contribution in [0.5, 0.6) is 0 Å². The normalized spacial score (nSPS) is 14.1. The number of carboxylic acids is 2. The minimum atomic E-state index is -1.45. The Bertz CT molecular complexity index is 923. The van der Waals surface area contributed by atoms with E-state index in [0.717, 1.165) is 0 Å². The van der Waals surface area contributed by atoms with Crippen molar-refractivity contribution in [3.63, 3.8) is 0 Å². The fourth-order valence-electron chi connectivity index (χ4n) is 3.34. The zero-order chi connectivity index (χ0) is 25.8. The van der Waals surface area contributed by atoms with Crippen LogP contribution < -0.4 is 15.1 Å². The molecule has 14 heteroatoms. The molecule has 1 amide bonds. The average Bonchev–Trinajstić information content (AvgIpc) is 2.86. The Morgan fingerprint density at radius 1 is 1.17 bits per heavy atom. The first-order chi connectivity index (χ1) is 16.8.